The second kappa shape index (κ2) is 7.33. The van der Waals surface area contributed by atoms with Crippen LogP contribution >= 0.6 is 11.3 Å². The fraction of sp³-hybridized carbons (Fsp3) is 0.300. The maximum absolute atomic E-state index is 12.3. The Labute approximate surface area is 151 Å². The predicted molar refractivity (Wildman–Crippen MR) is 103 cm³/mol. The third-order valence-corrected chi connectivity index (χ3v) is 5.72. The Balaban J connectivity index is 1.30. The minimum atomic E-state index is 0.0252. The van der Waals surface area contributed by atoms with Crippen LogP contribution in [-0.2, 0) is 4.79 Å². The molecule has 0 radical (unpaired) electrons. The number of aromatic nitrogens is 1. The van der Waals surface area contributed by atoms with E-state index in [1.54, 1.807) is 0 Å². The third-order valence-electron chi connectivity index (χ3n) is 4.77. The van der Waals surface area contributed by atoms with Gasteiger partial charge in [0.05, 0.1) is 16.8 Å². The number of fused-ring (bicyclic) bond motifs is 1. The molecule has 1 fully saturated rings. The molecule has 5 heteroatoms. The number of benzene rings is 2. The number of likely N-dealkylation sites (tertiary alicyclic amines) is 1. The summed E-state index contributed by atoms with van der Waals surface area (Å²) in [5.74, 6) is 0.641. The molecule has 0 saturated carbocycles. The summed E-state index contributed by atoms with van der Waals surface area (Å²) in [7, 11) is 0. The average molecular weight is 351 g/mol. The summed E-state index contributed by atoms with van der Waals surface area (Å²) >= 11 is 1.52. The van der Waals surface area contributed by atoms with E-state index in [1.165, 1.54) is 16.9 Å². The molecule has 0 bridgehead atoms. The number of para-hydroxylation sites is 1. The SMILES string of the molecule is O=C(CN1CCC(c2ccccc2)CC1)Nc1nc2ccccc2s1. The van der Waals surface area contributed by atoms with Crippen molar-refractivity contribution in [2.24, 2.45) is 0 Å². The number of anilines is 1. The lowest BCUT2D eigenvalue weighted by atomic mass is 9.89. The van der Waals surface area contributed by atoms with Gasteiger partial charge in [0.15, 0.2) is 5.13 Å². The molecule has 1 N–H and O–H groups in total. The molecule has 3 aromatic rings. The molecule has 0 unspecified atom stereocenters. The number of piperidine rings is 1. The maximum atomic E-state index is 12.3. The summed E-state index contributed by atoms with van der Waals surface area (Å²) in [6.45, 7) is 2.37. The molecule has 4 rings (SSSR count). The van der Waals surface area contributed by atoms with Crippen LogP contribution in [-0.4, -0.2) is 35.4 Å². The van der Waals surface area contributed by atoms with E-state index in [4.69, 9.17) is 0 Å². The van der Waals surface area contributed by atoms with Crippen LogP contribution in [0.15, 0.2) is 54.6 Å². The first-order valence-corrected chi connectivity index (χ1v) is 9.52. The van der Waals surface area contributed by atoms with Gasteiger partial charge in [0.2, 0.25) is 5.91 Å². The number of rotatable bonds is 4. The second-order valence-corrected chi connectivity index (χ2v) is 7.53. The summed E-state index contributed by atoms with van der Waals surface area (Å²) < 4.78 is 1.10. The summed E-state index contributed by atoms with van der Waals surface area (Å²) in [5.41, 5.74) is 2.35. The van der Waals surface area contributed by atoms with Crippen LogP contribution in [0, 0.1) is 0 Å². The molecule has 0 aliphatic carbocycles. The van der Waals surface area contributed by atoms with Gasteiger partial charge in [-0.3, -0.25) is 9.69 Å². The Morgan fingerprint density at radius 3 is 2.56 bits per heavy atom. The largest absolute Gasteiger partial charge is 0.301 e. The van der Waals surface area contributed by atoms with Crippen LogP contribution in [0.4, 0.5) is 5.13 Å². The van der Waals surface area contributed by atoms with Gasteiger partial charge in [0, 0.05) is 0 Å². The number of nitrogens with zero attached hydrogens (tertiary/aromatic N) is 2. The quantitative estimate of drug-likeness (QED) is 0.769. The molecule has 1 aromatic heterocycles. The Kier molecular flexibility index (Phi) is 4.76. The number of hydrogen-bond donors (Lipinski definition) is 1. The number of amides is 1. The van der Waals surface area contributed by atoms with Crippen molar-refractivity contribution < 1.29 is 4.79 Å². The first-order valence-electron chi connectivity index (χ1n) is 8.71. The molecule has 2 aromatic carbocycles. The van der Waals surface area contributed by atoms with Gasteiger partial charge < -0.3 is 5.32 Å². The number of thiazole rings is 1. The van der Waals surface area contributed by atoms with Crippen LogP contribution in [0.2, 0.25) is 0 Å². The zero-order valence-electron chi connectivity index (χ0n) is 14.0. The first-order chi connectivity index (χ1) is 12.3. The lowest BCUT2D eigenvalue weighted by Crippen LogP contribution is -2.38. The van der Waals surface area contributed by atoms with Gasteiger partial charge in [-0.15, -0.1) is 0 Å². The first kappa shape index (κ1) is 16.2. The molecule has 1 aliphatic heterocycles. The average Bonchev–Trinajstić information content (AvgIpc) is 3.05. The second-order valence-electron chi connectivity index (χ2n) is 6.50. The standard InChI is InChI=1S/C20H21N3OS/c24-19(22-20-21-17-8-4-5-9-18(17)25-20)14-23-12-10-16(11-13-23)15-6-2-1-3-7-15/h1-9,16H,10-14H2,(H,21,22,24). The van der Waals surface area contributed by atoms with E-state index in [1.807, 2.05) is 24.3 Å². The summed E-state index contributed by atoms with van der Waals surface area (Å²) in [6, 6.07) is 18.6. The Bertz CT molecular complexity index is 821. The van der Waals surface area contributed by atoms with Crippen LogP contribution in [0.3, 0.4) is 0 Å². The van der Waals surface area contributed by atoms with E-state index in [0.29, 0.717) is 17.6 Å². The van der Waals surface area contributed by atoms with Gasteiger partial charge >= 0.3 is 0 Å². The fourth-order valence-electron chi connectivity index (χ4n) is 3.44. The molecule has 1 amide bonds. The van der Waals surface area contributed by atoms with Crippen molar-refractivity contribution >= 4 is 32.6 Å². The van der Waals surface area contributed by atoms with Gasteiger partial charge in [-0.25, -0.2) is 4.98 Å². The van der Waals surface area contributed by atoms with Crippen LogP contribution in [0.5, 0.6) is 0 Å². The predicted octanol–water partition coefficient (Wildman–Crippen LogP) is 4.11. The van der Waals surface area contributed by atoms with Crippen molar-refractivity contribution in [3.63, 3.8) is 0 Å². The highest BCUT2D eigenvalue weighted by Gasteiger charge is 2.22. The number of carbonyl (C=O) groups excluding carboxylic acids is 1. The van der Waals surface area contributed by atoms with Gasteiger partial charge in [-0.2, -0.15) is 0 Å². The lowest BCUT2D eigenvalue weighted by molar-refractivity contribution is -0.117. The van der Waals surface area contributed by atoms with E-state index in [9.17, 15) is 4.79 Å². The highest BCUT2D eigenvalue weighted by molar-refractivity contribution is 7.22. The molecule has 1 aliphatic rings. The van der Waals surface area contributed by atoms with Crippen molar-refractivity contribution in [2.75, 3.05) is 25.0 Å². The van der Waals surface area contributed by atoms with Crippen LogP contribution in [0.1, 0.15) is 24.3 Å². The van der Waals surface area contributed by atoms with Gasteiger partial charge in [-0.1, -0.05) is 53.8 Å². The van der Waals surface area contributed by atoms with E-state index in [2.05, 4.69) is 45.5 Å². The van der Waals surface area contributed by atoms with E-state index in [-0.39, 0.29) is 5.91 Å². The molecular weight excluding hydrogens is 330 g/mol. The highest BCUT2D eigenvalue weighted by Crippen LogP contribution is 2.28. The Morgan fingerprint density at radius 1 is 1.08 bits per heavy atom. The molecule has 128 valence electrons. The number of carbonyl (C=O) groups is 1. The molecule has 0 atom stereocenters. The minimum absolute atomic E-state index is 0.0252. The van der Waals surface area contributed by atoms with E-state index < -0.39 is 0 Å². The molecular formula is C20H21N3OS. The lowest BCUT2D eigenvalue weighted by Gasteiger charge is -2.31. The zero-order chi connectivity index (χ0) is 17.1. The van der Waals surface area contributed by atoms with Crippen molar-refractivity contribution in [3.8, 4) is 0 Å². The molecule has 4 nitrogen and oxygen atoms in total. The monoisotopic (exact) mass is 351 g/mol. The van der Waals surface area contributed by atoms with Crippen molar-refractivity contribution in [3.05, 3.63) is 60.2 Å². The fourth-order valence-corrected chi connectivity index (χ4v) is 4.32. The normalized spacial score (nSPS) is 16.2. The molecule has 0 spiro atoms. The third kappa shape index (κ3) is 3.89. The van der Waals surface area contributed by atoms with Crippen molar-refractivity contribution in [1.82, 2.24) is 9.88 Å². The summed E-state index contributed by atoms with van der Waals surface area (Å²) in [5, 5.41) is 3.63. The Morgan fingerprint density at radius 2 is 1.80 bits per heavy atom. The number of hydrogen-bond acceptors (Lipinski definition) is 4. The van der Waals surface area contributed by atoms with Crippen LogP contribution < -0.4 is 5.32 Å². The van der Waals surface area contributed by atoms with Gasteiger partial charge in [-0.05, 0) is 49.5 Å². The molecule has 25 heavy (non-hydrogen) atoms. The van der Waals surface area contributed by atoms with Gasteiger partial charge in [0.1, 0.15) is 0 Å². The highest BCUT2D eigenvalue weighted by atomic mass is 32.1. The Hall–Kier alpha value is -2.24. The van der Waals surface area contributed by atoms with Crippen LogP contribution in [0.25, 0.3) is 10.2 Å². The van der Waals surface area contributed by atoms with Crippen molar-refractivity contribution in [2.45, 2.75) is 18.8 Å². The van der Waals surface area contributed by atoms with E-state index >= 15 is 0 Å². The minimum Gasteiger partial charge on any atom is -0.301 e. The van der Waals surface area contributed by atoms with Crippen molar-refractivity contribution in [1.29, 1.82) is 0 Å². The maximum Gasteiger partial charge on any atom is 0.240 e. The number of nitrogens with one attached hydrogen (secondary N) is 1. The van der Waals surface area contributed by atoms with Gasteiger partial charge in [0.25, 0.3) is 0 Å². The summed E-state index contributed by atoms with van der Waals surface area (Å²) in [6.07, 6.45) is 2.22. The molecule has 2 heterocycles. The summed E-state index contributed by atoms with van der Waals surface area (Å²) in [4.78, 5) is 19.0. The molecule has 1 saturated heterocycles. The zero-order valence-corrected chi connectivity index (χ0v) is 14.8. The van der Waals surface area contributed by atoms with E-state index in [0.717, 1.165) is 36.1 Å². The smallest absolute Gasteiger partial charge is 0.240 e. The topological polar surface area (TPSA) is 45.2 Å².